The van der Waals surface area contributed by atoms with Crippen molar-refractivity contribution < 1.29 is 9.47 Å². The molecule has 0 unspecified atom stereocenters. The van der Waals surface area contributed by atoms with Crippen LogP contribution < -0.4 is 9.47 Å². The van der Waals surface area contributed by atoms with E-state index in [4.69, 9.17) is 4.74 Å². The summed E-state index contributed by atoms with van der Waals surface area (Å²) in [5.41, 5.74) is 0. The third-order valence-corrected chi connectivity index (χ3v) is 2.63. The highest BCUT2D eigenvalue weighted by atomic mass is 16.5. The van der Waals surface area contributed by atoms with E-state index < -0.39 is 0 Å². The Morgan fingerprint density at radius 1 is 1.14 bits per heavy atom. The minimum absolute atomic E-state index is 0.353. The van der Waals surface area contributed by atoms with Crippen LogP contribution in [0.2, 0.25) is 0 Å². The summed E-state index contributed by atoms with van der Waals surface area (Å²) in [6, 6.07) is 3.45. The Balaban J connectivity index is 1.92. The molecule has 1 aliphatic carbocycles. The molecule has 1 saturated carbocycles. The summed E-state index contributed by atoms with van der Waals surface area (Å²) in [6.45, 7) is 0. The van der Waals surface area contributed by atoms with Crippen molar-refractivity contribution >= 4 is 0 Å². The van der Waals surface area contributed by atoms with Gasteiger partial charge in [0.1, 0.15) is 5.75 Å². The molecule has 0 saturated heterocycles. The zero-order valence-corrected chi connectivity index (χ0v) is 8.19. The second-order valence-corrected chi connectivity index (χ2v) is 3.77. The molecule has 2 rings (SSSR count). The van der Waals surface area contributed by atoms with Crippen molar-refractivity contribution in [3.8, 4) is 5.75 Å². The molecule has 0 amide bonds. The highest BCUT2D eigenvalue weighted by Gasteiger charge is 2.14. The van der Waals surface area contributed by atoms with E-state index in [-0.39, 0.29) is 0 Å². The normalized spacial score (nSPS) is 18.0. The molecule has 0 bridgehead atoms. The van der Waals surface area contributed by atoms with E-state index in [1.807, 2.05) is 0 Å². The van der Waals surface area contributed by atoms with Crippen molar-refractivity contribution in [2.45, 2.75) is 38.2 Å². The first-order valence-electron chi connectivity index (χ1n) is 5.20. The van der Waals surface area contributed by atoms with Gasteiger partial charge in [0.05, 0.1) is 6.10 Å². The molecular weight excluding hydrogens is 178 g/mol. The number of hydrogen-bond acceptors (Lipinski definition) is 2. The molecule has 3 nitrogen and oxygen atoms in total. The second kappa shape index (κ2) is 4.31. The summed E-state index contributed by atoms with van der Waals surface area (Å²) >= 11 is 0. The molecule has 0 aliphatic heterocycles. The summed E-state index contributed by atoms with van der Waals surface area (Å²) in [7, 11) is 0. The fraction of sp³-hybridized carbons (Fsp3) is 0.545. The van der Waals surface area contributed by atoms with Gasteiger partial charge in [-0.05, 0) is 25.7 Å². The van der Waals surface area contributed by atoms with Crippen LogP contribution in [0, 0.1) is 5.21 Å². The maximum absolute atomic E-state index is 10.8. The molecule has 0 radical (unpaired) electrons. The molecule has 1 aromatic heterocycles. The highest BCUT2D eigenvalue weighted by Crippen LogP contribution is 2.22. The first kappa shape index (κ1) is 9.31. The molecule has 0 atom stereocenters. The minimum Gasteiger partial charge on any atom is -0.619 e. The van der Waals surface area contributed by atoms with Crippen LogP contribution >= 0.6 is 0 Å². The first-order chi connectivity index (χ1) is 6.84. The monoisotopic (exact) mass is 193 g/mol. The average Bonchev–Trinajstić information content (AvgIpc) is 2.23. The van der Waals surface area contributed by atoms with Crippen molar-refractivity contribution in [1.82, 2.24) is 0 Å². The number of nitrogens with zero attached hydrogens (tertiary/aromatic N) is 1. The van der Waals surface area contributed by atoms with Crippen molar-refractivity contribution in [2.75, 3.05) is 0 Å². The van der Waals surface area contributed by atoms with E-state index in [2.05, 4.69) is 0 Å². The van der Waals surface area contributed by atoms with Crippen LogP contribution in [0.5, 0.6) is 5.75 Å². The van der Waals surface area contributed by atoms with E-state index in [1.54, 1.807) is 12.1 Å². The summed E-state index contributed by atoms with van der Waals surface area (Å²) < 4.78 is 6.53. The molecule has 0 aromatic carbocycles. The van der Waals surface area contributed by atoms with Crippen LogP contribution in [-0.2, 0) is 0 Å². The molecule has 76 valence electrons. The number of aromatic nitrogens is 1. The Bertz CT molecular complexity index is 278. The van der Waals surface area contributed by atoms with Gasteiger partial charge in [0.15, 0.2) is 12.4 Å². The summed E-state index contributed by atoms with van der Waals surface area (Å²) in [4.78, 5) is 0. The zero-order chi connectivity index (χ0) is 9.80. The lowest BCUT2D eigenvalue weighted by molar-refractivity contribution is -0.605. The van der Waals surface area contributed by atoms with Crippen LogP contribution in [0.25, 0.3) is 0 Å². The highest BCUT2D eigenvalue weighted by molar-refractivity contribution is 5.15. The first-order valence-corrected chi connectivity index (χ1v) is 5.20. The van der Waals surface area contributed by atoms with E-state index in [9.17, 15) is 5.21 Å². The maximum atomic E-state index is 10.8. The van der Waals surface area contributed by atoms with E-state index >= 15 is 0 Å². The lowest BCUT2D eigenvalue weighted by Crippen LogP contribution is -2.24. The quantitative estimate of drug-likeness (QED) is 0.532. The van der Waals surface area contributed by atoms with Gasteiger partial charge >= 0.3 is 0 Å². The lowest BCUT2D eigenvalue weighted by atomic mass is 9.98. The maximum Gasteiger partial charge on any atom is 0.184 e. The molecule has 1 aliphatic rings. The van der Waals surface area contributed by atoms with Crippen LogP contribution in [0.1, 0.15) is 32.1 Å². The Kier molecular flexibility index (Phi) is 2.87. The smallest absolute Gasteiger partial charge is 0.184 e. The zero-order valence-electron chi connectivity index (χ0n) is 8.19. The fourth-order valence-corrected chi connectivity index (χ4v) is 1.85. The van der Waals surface area contributed by atoms with Crippen molar-refractivity contribution in [3.63, 3.8) is 0 Å². The minimum atomic E-state index is 0.353. The van der Waals surface area contributed by atoms with E-state index in [0.717, 1.165) is 23.3 Å². The van der Waals surface area contributed by atoms with Crippen LogP contribution in [0.3, 0.4) is 0 Å². The number of rotatable bonds is 2. The predicted molar refractivity (Wildman–Crippen MR) is 52.9 cm³/mol. The van der Waals surface area contributed by atoms with Gasteiger partial charge in [-0.3, -0.25) is 0 Å². The standard InChI is InChI=1S/C11H15NO2/c13-12-8-6-11(7-9-12)14-10-4-2-1-3-5-10/h6-10H,1-5H2. The Hall–Kier alpha value is -1.25. The predicted octanol–water partition coefficient (Wildman–Crippen LogP) is 2.03. The van der Waals surface area contributed by atoms with Crippen LogP contribution in [0.15, 0.2) is 24.5 Å². The van der Waals surface area contributed by atoms with Crippen molar-refractivity contribution in [3.05, 3.63) is 29.7 Å². The van der Waals surface area contributed by atoms with Gasteiger partial charge in [0, 0.05) is 12.1 Å². The van der Waals surface area contributed by atoms with Crippen LogP contribution in [-0.4, -0.2) is 6.10 Å². The molecular formula is C11H15NO2. The molecule has 0 spiro atoms. The molecule has 0 N–H and O–H groups in total. The van der Waals surface area contributed by atoms with Crippen LogP contribution in [0.4, 0.5) is 0 Å². The Morgan fingerprint density at radius 2 is 1.79 bits per heavy atom. The summed E-state index contributed by atoms with van der Waals surface area (Å²) in [5, 5.41) is 10.8. The van der Waals surface area contributed by atoms with Gasteiger partial charge in [-0.25, -0.2) is 0 Å². The second-order valence-electron chi connectivity index (χ2n) is 3.77. The summed E-state index contributed by atoms with van der Waals surface area (Å²) in [6.07, 6.45) is 9.44. The number of hydrogen-bond donors (Lipinski definition) is 0. The largest absolute Gasteiger partial charge is 0.619 e. The third kappa shape index (κ3) is 2.37. The van der Waals surface area contributed by atoms with Gasteiger partial charge in [-0.2, -0.15) is 4.73 Å². The lowest BCUT2D eigenvalue weighted by Gasteiger charge is -2.22. The topological polar surface area (TPSA) is 36.2 Å². The molecule has 1 fully saturated rings. The number of ether oxygens (including phenoxy) is 1. The van der Waals surface area contributed by atoms with E-state index in [0.29, 0.717) is 6.10 Å². The van der Waals surface area contributed by atoms with Gasteiger partial charge in [0.25, 0.3) is 0 Å². The van der Waals surface area contributed by atoms with Crippen molar-refractivity contribution in [2.24, 2.45) is 0 Å². The number of pyridine rings is 1. The van der Waals surface area contributed by atoms with Gasteiger partial charge in [0.2, 0.25) is 0 Å². The Morgan fingerprint density at radius 3 is 2.43 bits per heavy atom. The SMILES string of the molecule is [O-][n+]1ccc(OC2CCCCC2)cc1. The van der Waals surface area contributed by atoms with Crippen molar-refractivity contribution in [1.29, 1.82) is 0 Å². The third-order valence-electron chi connectivity index (χ3n) is 2.63. The molecule has 14 heavy (non-hydrogen) atoms. The average molecular weight is 193 g/mol. The molecule has 1 heterocycles. The van der Waals surface area contributed by atoms with Gasteiger partial charge in [-0.1, -0.05) is 6.42 Å². The summed E-state index contributed by atoms with van der Waals surface area (Å²) in [5.74, 6) is 0.809. The molecule has 1 aromatic rings. The van der Waals surface area contributed by atoms with Gasteiger partial charge < -0.3 is 9.94 Å². The van der Waals surface area contributed by atoms with E-state index in [1.165, 1.54) is 31.7 Å². The Labute approximate surface area is 83.9 Å². The fourth-order valence-electron chi connectivity index (χ4n) is 1.85. The molecule has 3 heteroatoms. The van der Waals surface area contributed by atoms with Gasteiger partial charge in [-0.15, -0.1) is 0 Å².